The van der Waals surface area contributed by atoms with Crippen molar-refractivity contribution in [3.63, 3.8) is 0 Å². The molecule has 7 nitrogen and oxygen atoms in total. The molecule has 0 fully saturated rings. The van der Waals surface area contributed by atoms with Gasteiger partial charge in [0.05, 0.1) is 13.5 Å². The Hall–Kier alpha value is -4.00. The van der Waals surface area contributed by atoms with Crippen LogP contribution in [0.3, 0.4) is 0 Å². The van der Waals surface area contributed by atoms with Gasteiger partial charge in [0.1, 0.15) is 17.1 Å². The van der Waals surface area contributed by atoms with Crippen molar-refractivity contribution < 1.29 is 23.4 Å². The zero-order chi connectivity index (χ0) is 21.9. The second kappa shape index (κ2) is 8.63. The molecule has 0 radical (unpaired) electrons. The van der Waals surface area contributed by atoms with Crippen molar-refractivity contribution in [3.05, 3.63) is 72.1 Å². The summed E-state index contributed by atoms with van der Waals surface area (Å²) in [6, 6.07) is 17.0. The molecule has 162 valence electrons. The number of methoxy groups -OCH3 is 1. The number of carbonyl (C=O) groups excluding carboxylic acids is 1. The van der Waals surface area contributed by atoms with Crippen LogP contribution in [0.25, 0.3) is 22.3 Å². The number of fused-ring (bicyclic) bond motifs is 2. The molecule has 32 heavy (non-hydrogen) atoms. The molecule has 0 bridgehead atoms. The number of nitrogens with zero attached hydrogens (tertiary/aromatic N) is 1. The first-order valence-corrected chi connectivity index (χ1v) is 10.4. The van der Waals surface area contributed by atoms with Crippen LogP contribution in [0.1, 0.15) is 11.3 Å². The number of aromatic nitrogens is 1. The normalized spacial score (nSPS) is 12.2. The van der Waals surface area contributed by atoms with Crippen LogP contribution >= 0.6 is 0 Å². The van der Waals surface area contributed by atoms with Gasteiger partial charge in [0.15, 0.2) is 11.5 Å². The van der Waals surface area contributed by atoms with Gasteiger partial charge in [-0.3, -0.25) is 9.78 Å². The van der Waals surface area contributed by atoms with Gasteiger partial charge in [-0.25, -0.2) is 0 Å². The number of nitrogens with one attached hydrogen (secondary N) is 1. The Kier molecular flexibility index (Phi) is 5.37. The predicted octanol–water partition coefficient (Wildman–Crippen LogP) is 4.13. The van der Waals surface area contributed by atoms with Gasteiger partial charge in [-0.15, -0.1) is 0 Å². The molecule has 3 heterocycles. The molecule has 0 saturated heterocycles. The minimum absolute atomic E-state index is 0.0870. The second-order valence-electron chi connectivity index (χ2n) is 7.44. The Morgan fingerprint density at radius 3 is 2.66 bits per heavy atom. The van der Waals surface area contributed by atoms with Crippen LogP contribution in [0.2, 0.25) is 0 Å². The van der Waals surface area contributed by atoms with E-state index in [2.05, 4.69) is 10.3 Å². The molecule has 0 aliphatic carbocycles. The van der Waals surface area contributed by atoms with Crippen molar-refractivity contribution in [2.45, 2.75) is 12.8 Å². The molecule has 2 aromatic carbocycles. The summed E-state index contributed by atoms with van der Waals surface area (Å²) < 4.78 is 22.5. The molecule has 0 saturated carbocycles. The summed E-state index contributed by atoms with van der Waals surface area (Å²) in [5.41, 5.74) is 3.25. The van der Waals surface area contributed by atoms with Crippen molar-refractivity contribution in [2.75, 3.05) is 20.4 Å². The Labute approximate surface area is 184 Å². The Morgan fingerprint density at radius 2 is 1.91 bits per heavy atom. The number of amides is 1. The molecule has 1 N–H and O–H groups in total. The third-order valence-electron chi connectivity index (χ3n) is 5.41. The number of benzene rings is 2. The van der Waals surface area contributed by atoms with E-state index >= 15 is 0 Å². The molecule has 1 aliphatic rings. The van der Waals surface area contributed by atoms with Crippen LogP contribution in [-0.2, 0) is 17.6 Å². The lowest BCUT2D eigenvalue weighted by Crippen LogP contribution is -2.27. The SMILES string of the molecule is COc1ccc(-c2oc3cc4c(cc3c2CC(=O)NCCc2ccccn2)OCO4)cc1. The van der Waals surface area contributed by atoms with Crippen LogP contribution in [0.4, 0.5) is 0 Å². The van der Waals surface area contributed by atoms with E-state index in [4.69, 9.17) is 18.6 Å². The van der Waals surface area contributed by atoms with Crippen LogP contribution < -0.4 is 19.5 Å². The van der Waals surface area contributed by atoms with Crippen molar-refractivity contribution in [3.8, 4) is 28.6 Å². The van der Waals surface area contributed by atoms with Gasteiger partial charge in [0.25, 0.3) is 0 Å². The Bertz CT molecular complexity index is 1250. The predicted molar refractivity (Wildman–Crippen MR) is 119 cm³/mol. The van der Waals surface area contributed by atoms with Crippen LogP contribution in [0.5, 0.6) is 17.2 Å². The Morgan fingerprint density at radius 1 is 1.09 bits per heavy atom. The number of rotatable bonds is 7. The molecule has 0 spiro atoms. The summed E-state index contributed by atoms with van der Waals surface area (Å²) >= 11 is 0. The maximum Gasteiger partial charge on any atom is 0.231 e. The van der Waals surface area contributed by atoms with E-state index in [-0.39, 0.29) is 19.1 Å². The molecular weight excluding hydrogens is 408 g/mol. The smallest absolute Gasteiger partial charge is 0.231 e. The van der Waals surface area contributed by atoms with Crippen LogP contribution in [0.15, 0.2) is 65.2 Å². The minimum Gasteiger partial charge on any atom is -0.497 e. The number of carbonyl (C=O) groups is 1. The number of ether oxygens (including phenoxy) is 3. The van der Waals surface area contributed by atoms with E-state index in [9.17, 15) is 4.79 Å². The number of hydrogen-bond acceptors (Lipinski definition) is 6. The maximum atomic E-state index is 12.8. The fourth-order valence-corrected chi connectivity index (χ4v) is 3.79. The molecule has 1 amide bonds. The summed E-state index contributed by atoms with van der Waals surface area (Å²) in [4.78, 5) is 17.1. The lowest BCUT2D eigenvalue weighted by molar-refractivity contribution is -0.120. The van der Waals surface area contributed by atoms with Gasteiger partial charge in [-0.2, -0.15) is 0 Å². The number of furan rings is 1. The Balaban J connectivity index is 1.43. The number of hydrogen-bond donors (Lipinski definition) is 1. The molecule has 7 heteroatoms. The van der Waals surface area contributed by atoms with E-state index in [1.54, 1.807) is 13.3 Å². The molecule has 4 aromatic rings. The number of pyridine rings is 1. The average molecular weight is 430 g/mol. The first kappa shape index (κ1) is 19.9. The van der Waals surface area contributed by atoms with E-state index in [1.807, 2.05) is 54.6 Å². The quantitative estimate of drug-likeness (QED) is 0.475. The third kappa shape index (κ3) is 3.97. The van der Waals surface area contributed by atoms with Crippen molar-refractivity contribution in [2.24, 2.45) is 0 Å². The standard InChI is InChI=1S/C25H22N2O5/c1-29-18-7-5-16(6-8-18)25-20(13-24(28)27-11-9-17-4-2-3-10-26-17)19-12-22-23(31-15-30-22)14-21(19)32-25/h2-8,10,12,14H,9,11,13,15H2,1H3,(H,27,28). The summed E-state index contributed by atoms with van der Waals surface area (Å²) in [5.74, 6) is 2.59. The zero-order valence-electron chi connectivity index (χ0n) is 17.6. The van der Waals surface area contributed by atoms with E-state index in [0.29, 0.717) is 35.8 Å². The van der Waals surface area contributed by atoms with Crippen LogP contribution in [0, 0.1) is 0 Å². The summed E-state index contributed by atoms with van der Waals surface area (Å²) in [6.45, 7) is 0.687. The molecule has 0 unspecified atom stereocenters. The molecular formula is C25H22N2O5. The van der Waals surface area contributed by atoms with E-state index in [1.165, 1.54) is 0 Å². The topological polar surface area (TPSA) is 82.8 Å². The van der Waals surface area contributed by atoms with Gasteiger partial charge in [0, 0.05) is 47.4 Å². The van der Waals surface area contributed by atoms with Gasteiger partial charge < -0.3 is 23.9 Å². The molecule has 2 aromatic heterocycles. The third-order valence-corrected chi connectivity index (χ3v) is 5.41. The first-order valence-electron chi connectivity index (χ1n) is 10.4. The largest absolute Gasteiger partial charge is 0.497 e. The highest BCUT2D eigenvalue weighted by molar-refractivity contribution is 5.94. The molecule has 5 rings (SSSR count). The van der Waals surface area contributed by atoms with Gasteiger partial charge >= 0.3 is 0 Å². The zero-order valence-corrected chi connectivity index (χ0v) is 17.6. The van der Waals surface area contributed by atoms with Crippen molar-refractivity contribution >= 4 is 16.9 Å². The summed E-state index contributed by atoms with van der Waals surface area (Å²) in [5, 5.41) is 3.82. The lowest BCUT2D eigenvalue weighted by atomic mass is 10.0. The minimum atomic E-state index is -0.0870. The van der Waals surface area contributed by atoms with Crippen LogP contribution in [-0.4, -0.2) is 31.3 Å². The van der Waals surface area contributed by atoms with E-state index < -0.39 is 0 Å². The highest BCUT2D eigenvalue weighted by atomic mass is 16.7. The average Bonchev–Trinajstić information content (AvgIpc) is 3.42. The molecule has 1 aliphatic heterocycles. The highest BCUT2D eigenvalue weighted by Gasteiger charge is 2.23. The first-order chi connectivity index (χ1) is 15.7. The summed E-state index contributed by atoms with van der Waals surface area (Å²) in [7, 11) is 1.62. The van der Waals surface area contributed by atoms with Gasteiger partial charge in [0.2, 0.25) is 12.7 Å². The highest BCUT2D eigenvalue weighted by Crippen LogP contribution is 2.42. The molecule has 0 atom stereocenters. The lowest BCUT2D eigenvalue weighted by Gasteiger charge is -2.07. The fraction of sp³-hybridized carbons (Fsp3) is 0.200. The fourth-order valence-electron chi connectivity index (χ4n) is 3.79. The maximum absolute atomic E-state index is 12.8. The van der Waals surface area contributed by atoms with Gasteiger partial charge in [-0.1, -0.05) is 6.07 Å². The van der Waals surface area contributed by atoms with Crippen molar-refractivity contribution in [1.29, 1.82) is 0 Å². The summed E-state index contributed by atoms with van der Waals surface area (Å²) in [6.07, 6.45) is 2.60. The monoisotopic (exact) mass is 430 g/mol. The van der Waals surface area contributed by atoms with Crippen molar-refractivity contribution in [1.82, 2.24) is 10.3 Å². The second-order valence-corrected chi connectivity index (χ2v) is 7.44. The van der Waals surface area contributed by atoms with Gasteiger partial charge in [-0.05, 0) is 42.5 Å². The van der Waals surface area contributed by atoms with E-state index in [0.717, 1.165) is 28.0 Å².